The highest BCUT2D eigenvalue weighted by atomic mass is 35.5. The molecule has 1 heterocycles. The Morgan fingerprint density at radius 3 is 2.12 bits per heavy atom. The van der Waals surface area contributed by atoms with Gasteiger partial charge in [-0.2, -0.15) is 0 Å². The van der Waals surface area contributed by atoms with Crippen LogP contribution in [0.3, 0.4) is 0 Å². The van der Waals surface area contributed by atoms with Crippen molar-refractivity contribution in [1.82, 2.24) is 20.0 Å². The van der Waals surface area contributed by atoms with Gasteiger partial charge in [0.15, 0.2) is 0 Å². The Labute approximate surface area is 260 Å². The Bertz CT molecular complexity index is 1310. The first-order chi connectivity index (χ1) is 20.3. The predicted molar refractivity (Wildman–Crippen MR) is 172 cm³/mol. The van der Waals surface area contributed by atoms with Crippen LogP contribution in [0.5, 0.6) is 0 Å². The molecule has 1 N–H and O–H groups in total. The lowest BCUT2D eigenvalue weighted by Gasteiger charge is -2.44. The van der Waals surface area contributed by atoms with Gasteiger partial charge in [0.2, 0.25) is 0 Å². The third kappa shape index (κ3) is 7.85. The van der Waals surface area contributed by atoms with Crippen LogP contribution in [0.4, 0.5) is 4.79 Å². The van der Waals surface area contributed by atoms with E-state index in [4.69, 9.17) is 23.2 Å². The van der Waals surface area contributed by atoms with Crippen LogP contribution in [0.1, 0.15) is 60.5 Å². The van der Waals surface area contributed by atoms with E-state index in [1.165, 1.54) is 0 Å². The first kappa shape index (κ1) is 31.9. The molecular weight excluding hydrogens is 567 g/mol. The standard InChI is InChI=1S/C34H42Cl2N4O2/c1-4-40(5-2)33(42)37-34(29-14-10-7-11-15-29)19-22-39(23-20-34)21-18-28(27-16-17-30(35)31(36)24-27)25-38(3)32(41)26-12-8-6-9-13-26/h6-17,24,28H,4-5,18-23,25H2,1-3H3,(H,37,42). The number of carbonyl (C=O) groups excluding carboxylic acids is 2. The first-order valence-electron chi connectivity index (χ1n) is 14.9. The predicted octanol–water partition coefficient (Wildman–Crippen LogP) is 7.28. The number of urea groups is 1. The van der Waals surface area contributed by atoms with Gasteiger partial charge in [-0.05, 0) is 75.0 Å². The average molecular weight is 610 g/mol. The third-order valence-electron chi connectivity index (χ3n) is 8.50. The van der Waals surface area contributed by atoms with Gasteiger partial charge in [0.1, 0.15) is 0 Å². The van der Waals surface area contributed by atoms with Crippen LogP contribution in [-0.4, -0.2) is 73.0 Å². The minimum Gasteiger partial charge on any atom is -0.341 e. The van der Waals surface area contributed by atoms with Crippen molar-refractivity contribution in [3.8, 4) is 0 Å². The van der Waals surface area contributed by atoms with Crippen molar-refractivity contribution in [3.05, 3.63) is 106 Å². The average Bonchev–Trinajstić information content (AvgIpc) is 3.02. The molecular formula is C34H42Cl2N4O2. The van der Waals surface area contributed by atoms with E-state index in [1.807, 2.05) is 92.5 Å². The number of nitrogens with one attached hydrogen (secondary N) is 1. The van der Waals surface area contributed by atoms with E-state index >= 15 is 0 Å². The monoisotopic (exact) mass is 608 g/mol. The number of hydrogen-bond donors (Lipinski definition) is 1. The Morgan fingerprint density at radius 1 is 0.905 bits per heavy atom. The van der Waals surface area contributed by atoms with Crippen molar-refractivity contribution >= 4 is 35.1 Å². The lowest BCUT2D eigenvalue weighted by Crippen LogP contribution is -2.56. The van der Waals surface area contributed by atoms with Gasteiger partial charge in [-0.1, -0.05) is 77.8 Å². The minimum atomic E-state index is -0.400. The van der Waals surface area contributed by atoms with E-state index < -0.39 is 5.54 Å². The highest BCUT2D eigenvalue weighted by Crippen LogP contribution is 2.34. The molecule has 8 heteroatoms. The summed E-state index contributed by atoms with van der Waals surface area (Å²) >= 11 is 12.6. The summed E-state index contributed by atoms with van der Waals surface area (Å²) < 4.78 is 0. The smallest absolute Gasteiger partial charge is 0.318 e. The molecule has 6 nitrogen and oxygen atoms in total. The number of likely N-dealkylation sites (N-methyl/N-ethyl adjacent to an activating group) is 1. The van der Waals surface area contributed by atoms with E-state index in [0.29, 0.717) is 35.2 Å². The number of carbonyl (C=O) groups is 2. The fourth-order valence-electron chi connectivity index (χ4n) is 5.88. The lowest BCUT2D eigenvalue weighted by atomic mass is 9.80. The number of benzene rings is 3. The van der Waals surface area contributed by atoms with Gasteiger partial charge in [-0.3, -0.25) is 4.79 Å². The molecule has 1 saturated heterocycles. The van der Waals surface area contributed by atoms with Crippen LogP contribution in [0.15, 0.2) is 78.9 Å². The molecule has 1 aliphatic heterocycles. The maximum atomic E-state index is 13.2. The van der Waals surface area contributed by atoms with Crippen molar-refractivity contribution in [3.63, 3.8) is 0 Å². The normalized spacial score (nSPS) is 15.5. The van der Waals surface area contributed by atoms with E-state index in [0.717, 1.165) is 50.0 Å². The molecule has 0 radical (unpaired) electrons. The molecule has 3 amide bonds. The number of likely N-dealkylation sites (tertiary alicyclic amines) is 1. The van der Waals surface area contributed by atoms with Crippen molar-refractivity contribution in [2.75, 3.05) is 46.3 Å². The highest BCUT2D eigenvalue weighted by molar-refractivity contribution is 6.42. The van der Waals surface area contributed by atoms with Gasteiger partial charge in [0, 0.05) is 51.3 Å². The minimum absolute atomic E-state index is 0.00442. The Kier molecular flexibility index (Phi) is 11.3. The molecule has 3 aromatic carbocycles. The summed E-state index contributed by atoms with van der Waals surface area (Å²) in [6, 6.07) is 25.5. The van der Waals surface area contributed by atoms with E-state index in [-0.39, 0.29) is 17.9 Å². The van der Waals surface area contributed by atoms with Crippen LogP contribution in [-0.2, 0) is 5.54 Å². The molecule has 0 spiro atoms. The van der Waals surface area contributed by atoms with Crippen molar-refractivity contribution in [1.29, 1.82) is 0 Å². The van der Waals surface area contributed by atoms with Crippen molar-refractivity contribution < 1.29 is 9.59 Å². The Morgan fingerprint density at radius 2 is 1.52 bits per heavy atom. The summed E-state index contributed by atoms with van der Waals surface area (Å²) in [6.07, 6.45) is 2.51. The van der Waals surface area contributed by atoms with Gasteiger partial charge in [0.05, 0.1) is 15.6 Å². The van der Waals surface area contributed by atoms with Gasteiger partial charge >= 0.3 is 6.03 Å². The number of halogens is 2. The summed E-state index contributed by atoms with van der Waals surface area (Å²) in [5, 5.41) is 4.46. The number of rotatable bonds is 11. The summed E-state index contributed by atoms with van der Waals surface area (Å²) in [4.78, 5) is 32.4. The topological polar surface area (TPSA) is 55.9 Å². The van der Waals surface area contributed by atoms with Crippen LogP contribution in [0.25, 0.3) is 0 Å². The van der Waals surface area contributed by atoms with Crippen LogP contribution in [0, 0.1) is 0 Å². The molecule has 1 aliphatic rings. The molecule has 1 atom stereocenters. The molecule has 42 heavy (non-hydrogen) atoms. The van der Waals surface area contributed by atoms with Gasteiger partial charge in [0.25, 0.3) is 5.91 Å². The molecule has 1 unspecified atom stereocenters. The number of piperidine rings is 1. The second-order valence-electron chi connectivity index (χ2n) is 11.1. The lowest BCUT2D eigenvalue weighted by molar-refractivity contribution is 0.0778. The van der Waals surface area contributed by atoms with Crippen LogP contribution in [0.2, 0.25) is 10.0 Å². The summed E-state index contributed by atoms with van der Waals surface area (Å²) in [5.74, 6) is 0.0795. The summed E-state index contributed by atoms with van der Waals surface area (Å²) in [6.45, 7) is 8.53. The Hall–Kier alpha value is -3.06. The summed E-state index contributed by atoms with van der Waals surface area (Å²) in [5.41, 5.74) is 2.50. The number of hydrogen-bond acceptors (Lipinski definition) is 3. The SMILES string of the molecule is CCN(CC)C(=O)NC1(c2ccccc2)CCN(CCC(CN(C)C(=O)c2ccccc2)c2ccc(Cl)c(Cl)c2)CC1. The van der Waals surface area contributed by atoms with E-state index in [1.54, 1.807) is 4.90 Å². The molecule has 3 aromatic rings. The van der Waals surface area contributed by atoms with Crippen molar-refractivity contribution in [2.24, 2.45) is 0 Å². The fourth-order valence-corrected chi connectivity index (χ4v) is 6.19. The highest BCUT2D eigenvalue weighted by Gasteiger charge is 2.38. The molecule has 0 saturated carbocycles. The van der Waals surface area contributed by atoms with Crippen molar-refractivity contribution in [2.45, 2.75) is 44.6 Å². The molecule has 1 fully saturated rings. The zero-order valence-corrected chi connectivity index (χ0v) is 26.4. The quantitative estimate of drug-likeness (QED) is 0.249. The second kappa shape index (κ2) is 14.9. The van der Waals surface area contributed by atoms with Gasteiger partial charge in [-0.25, -0.2) is 4.79 Å². The zero-order valence-electron chi connectivity index (χ0n) is 24.9. The fraction of sp³-hybridized carbons (Fsp3) is 0.412. The van der Waals surface area contributed by atoms with Crippen LogP contribution < -0.4 is 5.32 Å². The molecule has 224 valence electrons. The van der Waals surface area contributed by atoms with E-state index in [2.05, 4.69) is 22.3 Å². The molecule has 0 aliphatic carbocycles. The van der Waals surface area contributed by atoms with Crippen LogP contribution >= 0.6 is 23.2 Å². The number of amides is 3. The van der Waals surface area contributed by atoms with Gasteiger partial charge < -0.3 is 20.0 Å². The number of nitrogens with zero attached hydrogens (tertiary/aromatic N) is 3. The first-order valence-corrected chi connectivity index (χ1v) is 15.6. The summed E-state index contributed by atoms with van der Waals surface area (Å²) in [7, 11) is 1.85. The van der Waals surface area contributed by atoms with Gasteiger partial charge in [-0.15, -0.1) is 0 Å². The molecule has 0 bridgehead atoms. The zero-order chi connectivity index (χ0) is 30.1. The second-order valence-corrected chi connectivity index (χ2v) is 11.9. The third-order valence-corrected chi connectivity index (χ3v) is 9.24. The molecule has 4 rings (SSSR count). The molecule has 0 aromatic heterocycles. The maximum Gasteiger partial charge on any atom is 0.318 e. The van der Waals surface area contributed by atoms with E-state index in [9.17, 15) is 9.59 Å². The largest absolute Gasteiger partial charge is 0.341 e. The maximum absolute atomic E-state index is 13.2. The Balaban J connectivity index is 1.46.